The van der Waals surface area contributed by atoms with Gasteiger partial charge in [-0.2, -0.15) is 5.26 Å². The standard InChI is InChI=1S/C14H18BrNO2/c1-14(2,10-16)6-3-7-18-13-5-4-11(9-17)8-12(13)15/h4-5,8,17H,3,6-7,9H2,1-2H3. The van der Waals surface area contributed by atoms with E-state index in [-0.39, 0.29) is 12.0 Å². The summed E-state index contributed by atoms with van der Waals surface area (Å²) in [6.07, 6.45) is 1.66. The van der Waals surface area contributed by atoms with Crippen molar-refractivity contribution in [3.63, 3.8) is 0 Å². The molecule has 0 bridgehead atoms. The Morgan fingerprint density at radius 3 is 2.72 bits per heavy atom. The number of ether oxygens (including phenoxy) is 1. The van der Waals surface area contributed by atoms with Crippen LogP contribution in [0.4, 0.5) is 0 Å². The van der Waals surface area contributed by atoms with E-state index in [1.165, 1.54) is 0 Å². The van der Waals surface area contributed by atoms with Gasteiger partial charge in [0.1, 0.15) is 5.75 Å². The lowest BCUT2D eigenvalue weighted by Gasteiger charge is -2.15. The fraction of sp³-hybridized carbons (Fsp3) is 0.500. The molecule has 3 nitrogen and oxygen atoms in total. The zero-order chi connectivity index (χ0) is 13.6. The van der Waals surface area contributed by atoms with Crippen molar-refractivity contribution >= 4 is 15.9 Å². The minimum atomic E-state index is -0.290. The van der Waals surface area contributed by atoms with Crippen LogP contribution in [0.5, 0.6) is 5.75 Å². The van der Waals surface area contributed by atoms with Crippen LogP contribution in [0.2, 0.25) is 0 Å². The Morgan fingerprint density at radius 1 is 1.44 bits per heavy atom. The van der Waals surface area contributed by atoms with E-state index in [4.69, 9.17) is 15.1 Å². The largest absolute Gasteiger partial charge is 0.492 e. The fourth-order valence-corrected chi connectivity index (χ4v) is 2.05. The fourth-order valence-electron chi connectivity index (χ4n) is 1.51. The van der Waals surface area contributed by atoms with Crippen LogP contribution in [0.3, 0.4) is 0 Å². The normalized spacial score (nSPS) is 11.1. The summed E-state index contributed by atoms with van der Waals surface area (Å²) in [5.74, 6) is 0.766. The molecule has 4 heteroatoms. The number of hydrogen-bond donors (Lipinski definition) is 1. The molecule has 0 unspecified atom stereocenters. The Kier molecular flexibility index (Phi) is 5.64. The second-order valence-electron chi connectivity index (χ2n) is 4.87. The lowest BCUT2D eigenvalue weighted by atomic mass is 9.90. The summed E-state index contributed by atoms with van der Waals surface area (Å²) in [5, 5.41) is 17.9. The molecule has 0 fully saturated rings. The molecule has 0 amide bonds. The van der Waals surface area contributed by atoms with Crippen LogP contribution < -0.4 is 4.74 Å². The molecule has 0 aromatic heterocycles. The van der Waals surface area contributed by atoms with Gasteiger partial charge in [0, 0.05) is 0 Å². The number of rotatable bonds is 6. The second-order valence-corrected chi connectivity index (χ2v) is 5.72. The number of hydrogen-bond acceptors (Lipinski definition) is 3. The summed E-state index contributed by atoms with van der Waals surface area (Å²) in [4.78, 5) is 0. The maximum absolute atomic E-state index is 8.99. The van der Waals surface area contributed by atoms with Crippen molar-refractivity contribution in [3.8, 4) is 11.8 Å². The van der Waals surface area contributed by atoms with Gasteiger partial charge in [0.15, 0.2) is 0 Å². The Labute approximate surface area is 117 Å². The first-order valence-electron chi connectivity index (χ1n) is 5.92. The molecule has 98 valence electrons. The van der Waals surface area contributed by atoms with Crippen molar-refractivity contribution in [1.82, 2.24) is 0 Å². The van der Waals surface area contributed by atoms with E-state index in [9.17, 15) is 0 Å². The summed E-state index contributed by atoms with van der Waals surface area (Å²) in [6.45, 7) is 4.47. The van der Waals surface area contributed by atoms with Crippen molar-refractivity contribution in [1.29, 1.82) is 5.26 Å². The lowest BCUT2D eigenvalue weighted by Crippen LogP contribution is -2.10. The molecule has 0 aliphatic carbocycles. The SMILES string of the molecule is CC(C)(C#N)CCCOc1ccc(CO)cc1Br. The molecule has 0 aliphatic rings. The minimum Gasteiger partial charge on any atom is -0.492 e. The Bertz CT molecular complexity index is 438. The average Bonchev–Trinajstić information content (AvgIpc) is 2.36. The zero-order valence-corrected chi connectivity index (χ0v) is 12.3. The Balaban J connectivity index is 2.43. The van der Waals surface area contributed by atoms with Crippen LogP contribution in [0.25, 0.3) is 0 Å². The Morgan fingerprint density at radius 2 is 2.17 bits per heavy atom. The van der Waals surface area contributed by atoms with Gasteiger partial charge in [0.05, 0.1) is 29.2 Å². The summed E-state index contributed by atoms with van der Waals surface area (Å²) >= 11 is 3.40. The molecule has 0 radical (unpaired) electrons. The number of aliphatic hydroxyl groups excluding tert-OH is 1. The predicted octanol–water partition coefficient (Wildman–Crippen LogP) is 3.65. The highest BCUT2D eigenvalue weighted by Crippen LogP contribution is 2.27. The Hall–Kier alpha value is -1.05. The van der Waals surface area contributed by atoms with Crippen molar-refractivity contribution in [2.75, 3.05) is 6.61 Å². The molecule has 0 heterocycles. The molecular formula is C14H18BrNO2. The quantitative estimate of drug-likeness (QED) is 0.816. The van der Waals surface area contributed by atoms with Crippen LogP contribution in [-0.4, -0.2) is 11.7 Å². The highest BCUT2D eigenvalue weighted by Gasteiger charge is 2.15. The molecular weight excluding hydrogens is 294 g/mol. The van der Waals surface area contributed by atoms with Gasteiger partial charge >= 0.3 is 0 Å². The van der Waals surface area contributed by atoms with Gasteiger partial charge in [-0.05, 0) is 60.3 Å². The van der Waals surface area contributed by atoms with E-state index < -0.39 is 0 Å². The molecule has 0 spiro atoms. The third-order valence-electron chi connectivity index (χ3n) is 2.69. The van der Waals surface area contributed by atoms with Crippen LogP contribution in [0, 0.1) is 16.7 Å². The molecule has 18 heavy (non-hydrogen) atoms. The van der Waals surface area contributed by atoms with Crippen LogP contribution in [0.1, 0.15) is 32.3 Å². The van der Waals surface area contributed by atoms with Crippen LogP contribution in [-0.2, 0) is 6.61 Å². The minimum absolute atomic E-state index is 0.0231. The molecule has 0 aliphatic heterocycles. The summed E-state index contributed by atoms with van der Waals surface area (Å²) < 4.78 is 6.48. The van der Waals surface area contributed by atoms with Gasteiger partial charge in [-0.25, -0.2) is 0 Å². The molecule has 0 saturated heterocycles. The van der Waals surface area contributed by atoms with Gasteiger partial charge < -0.3 is 9.84 Å². The highest BCUT2D eigenvalue weighted by molar-refractivity contribution is 9.10. The molecule has 0 atom stereocenters. The van der Waals surface area contributed by atoms with Crippen LogP contribution in [0.15, 0.2) is 22.7 Å². The first-order chi connectivity index (χ1) is 8.48. The van der Waals surface area contributed by atoms with Crippen molar-refractivity contribution in [2.45, 2.75) is 33.3 Å². The van der Waals surface area contributed by atoms with Gasteiger partial charge in [-0.15, -0.1) is 0 Å². The topological polar surface area (TPSA) is 53.2 Å². The van der Waals surface area contributed by atoms with Crippen LogP contribution >= 0.6 is 15.9 Å². The first kappa shape index (κ1) is 15.0. The third kappa shape index (κ3) is 4.67. The van der Waals surface area contributed by atoms with Gasteiger partial charge in [-0.1, -0.05) is 6.07 Å². The number of nitrogens with zero attached hydrogens (tertiary/aromatic N) is 1. The number of nitriles is 1. The maximum Gasteiger partial charge on any atom is 0.133 e. The second kappa shape index (κ2) is 6.77. The van der Waals surface area contributed by atoms with Crippen molar-refractivity contribution < 1.29 is 9.84 Å². The first-order valence-corrected chi connectivity index (χ1v) is 6.71. The van der Waals surface area contributed by atoms with Crippen molar-refractivity contribution in [2.24, 2.45) is 5.41 Å². The van der Waals surface area contributed by atoms with E-state index in [2.05, 4.69) is 22.0 Å². The smallest absolute Gasteiger partial charge is 0.133 e. The molecule has 1 aromatic carbocycles. The van der Waals surface area contributed by atoms with E-state index in [0.717, 1.165) is 28.6 Å². The average molecular weight is 312 g/mol. The molecule has 1 rings (SSSR count). The maximum atomic E-state index is 8.99. The van der Waals surface area contributed by atoms with E-state index >= 15 is 0 Å². The molecule has 1 aromatic rings. The number of benzene rings is 1. The zero-order valence-electron chi connectivity index (χ0n) is 10.7. The monoisotopic (exact) mass is 311 g/mol. The number of aliphatic hydroxyl groups is 1. The van der Waals surface area contributed by atoms with E-state index in [0.29, 0.717) is 6.61 Å². The van der Waals surface area contributed by atoms with Crippen molar-refractivity contribution in [3.05, 3.63) is 28.2 Å². The number of halogens is 1. The van der Waals surface area contributed by atoms with E-state index in [1.807, 2.05) is 32.0 Å². The molecule has 1 N–H and O–H groups in total. The third-order valence-corrected chi connectivity index (χ3v) is 3.30. The summed E-state index contributed by atoms with van der Waals surface area (Å²) in [5.41, 5.74) is 0.557. The summed E-state index contributed by atoms with van der Waals surface area (Å²) in [7, 11) is 0. The summed E-state index contributed by atoms with van der Waals surface area (Å²) in [6, 6.07) is 7.79. The molecule has 0 saturated carbocycles. The van der Waals surface area contributed by atoms with E-state index in [1.54, 1.807) is 0 Å². The van der Waals surface area contributed by atoms with Gasteiger partial charge in [-0.3, -0.25) is 0 Å². The highest BCUT2D eigenvalue weighted by atomic mass is 79.9. The predicted molar refractivity (Wildman–Crippen MR) is 74.2 cm³/mol. The van der Waals surface area contributed by atoms with Gasteiger partial charge in [0.2, 0.25) is 0 Å². The lowest BCUT2D eigenvalue weighted by molar-refractivity contribution is 0.277. The van der Waals surface area contributed by atoms with Gasteiger partial charge in [0.25, 0.3) is 0 Å².